The Labute approximate surface area is 115 Å². The number of nitrogens with two attached hydrogens (primary N) is 1. The van der Waals surface area contributed by atoms with Gasteiger partial charge in [-0.25, -0.2) is 0 Å². The Kier molecular flexibility index (Phi) is 5.87. The highest BCUT2D eigenvalue weighted by molar-refractivity contribution is 9.10. The van der Waals surface area contributed by atoms with Crippen LogP contribution in [0.1, 0.15) is 18.1 Å². The lowest BCUT2D eigenvalue weighted by Crippen LogP contribution is -2.29. The van der Waals surface area contributed by atoms with Gasteiger partial charge in [-0.1, -0.05) is 0 Å². The van der Waals surface area contributed by atoms with Crippen LogP contribution in [0.5, 0.6) is 11.5 Å². The number of aliphatic hydroxyl groups excluding tert-OH is 2. The van der Waals surface area contributed by atoms with Crippen molar-refractivity contribution in [1.82, 2.24) is 0 Å². The van der Waals surface area contributed by atoms with Crippen molar-refractivity contribution in [2.75, 3.05) is 20.8 Å². The summed E-state index contributed by atoms with van der Waals surface area (Å²) in [7, 11) is 3.06. The van der Waals surface area contributed by atoms with E-state index in [0.717, 1.165) is 0 Å². The van der Waals surface area contributed by atoms with E-state index in [0.29, 0.717) is 28.0 Å². The molecule has 0 heterocycles. The molecule has 5 nitrogen and oxygen atoms in total. The Morgan fingerprint density at radius 2 is 1.89 bits per heavy atom. The number of halogens is 1. The zero-order valence-corrected chi connectivity index (χ0v) is 12.0. The third-order valence-electron chi connectivity index (χ3n) is 2.69. The zero-order chi connectivity index (χ0) is 13.7. The number of benzene rings is 1. The molecule has 2 atom stereocenters. The second kappa shape index (κ2) is 6.94. The van der Waals surface area contributed by atoms with E-state index < -0.39 is 12.1 Å². The first kappa shape index (κ1) is 15.2. The second-order valence-electron chi connectivity index (χ2n) is 3.85. The van der Waals surface area contributed by atoms with E-state index in [1.807, 2.05) is 0 Å². The summed E-state index contributed by atoms with van der Waals surface area (Å²) in [6.07, 6.45) is -0.595. The first-order chi connectivity index (χ1) is 8.54. The van der Waals surface area contributed by atoms with E-state index in [1.54, 1.807) is 19.2 Å². The second-order valence-corrected chi connectivity index (χ2v) is 4.70. The van der Waals surface area contributed by atoms with Crippen molar-refractivity contribution in [3.05, 3.63) is 22.2 Å². The van der Waals surface area contributed by atoms with Crippen molar-refractivity contribution in [3.8, 4) is 11.5 Å². The molecule has 0 fully saturated rings. The largest absolute Gasteiger partial charge is 0.496 e. The standard InChI is InChI=1S/C12H18BrNO4/c1-17-10-6-11(18-2)8(13)5-7(10)12(16)9(14)3-4-15/h5-6,9,12,15-16H,3-4,14H2,1-2H3. The number of rotatable bonds is 6. The van der Waals surface area contributed by atoms with E-state index in [9.17, 15) is 5.11 Å². The number of hydrogen-bond donors (Lipinski definition) is 3. The minimum absolute atomic E-state index is 0.0716. The van der Waals surface area contributed by atoms with Crippen molar-refractivity contribution in [2.45, 2.75) is 18.6 Å². The minimum Gasteiger partial charge on any atom is -0.496 e. The molecule has 1 aromatic carbocycles. The van der Waals surface area contributed by atoms with Gasteiger partial charge in [0.1, 0.15) is 11.5 Å². The molecule has 1 rings (SSSR count). The molecule has 0 aromatic heterocycles. The molecule has 2 unspecified atom stereocenters. The van der Waals surface area contributed by atoms with Gasteiger partial charge in [0.05, 0.1) is 24.8 Å². The SMILES string of the molecule is COc1cc(OC)c(C(O)C(N)CCO)cc1Br. The number of methoxy groups -OCH3 is 2. The molecule has 0 radical (unpaired) electrons. The van der Waals surface area contributed by atoms with Gasteiger partial charge >= 0.3 is 0 Å². The molecule has 0 aliphatic heterocycles. The molecule has 0 aliphatic rings. The predicted molar refractivity (Wildman–Crippen MR) is 71.9 cm³/mol. The van der Waals surface area contributed by atoms with Gasteiger partial charge in [-0.2, -0.15) is 0 Å². The summed E-state index contributed by atoms with van der Waals surface area (Å²) in [6, 6.07) is 2.83. The van der Waals surface area contributed by atoms with Crippen LogP contribution in [-0.4, -0.2) is 37.1 Å². The third kappa shape index (κ3) is 3.35. The zero-order valence-electron chi connectivity index (χ0n) is 10.4. The van der Waals surface area contributed by atoms with E-state index >= 15 is 0 Å². The molecule has 102 valence electrons. The van der Waals surface area contributed by atoms with Crippen molar-refractivity contribution in [1.29, 1.82) is 0 Å². The van der Waals surface area contributed by atoms with Crippen LogP contribution < -0.4 is 15.2 Å². The summed E-state index contributed by atoms with van der Waals surface area (Å²) >= 11 is 3.35. The van der Waals surface area contributed by atoms with Gasteiger partial charge in [-0.3, -0.25) is 0 Å². The van der Waals surface area contributed by atoms with Crippen LogP contribution in [0, 0.1) is 0 Å². The van der Waals surface area contributed by atoms with Crippen LogP contribution in [0.15, 0.2) is 16.6 Å². The average molecular weight is 320 g/mol. The van der Waals surface area contributed by atoms with Crippen LogP contribution in [0.3, 0.4) is 0 Å². The maximum Gasteiger partial charge on any atom is 0.136 e. The maximum atomic E-state index is 10.1. The van der Waals surface area contributed by atoms with Gasteiger partial charge in [0.15, 0.2) is 0 Å². The highest BCUT2D eigenvalue weighted by Gasteiger charge is 2.22. The van der Waals surface area contributed by atoms with Crippen molar-refractivity contribution in [2.24, 2.45) is 5.73 Å². The van der Waals surface area contributed by atoms with Gasteiger partial charge in [-0.05, 0) is 28.4 Å². The molecule has 6 heteroatoms. The third-order valence-corrected chi connectivity index (χ3v) is 3.31. The van der Waals surface area contributed by atoms with E-state index in [2.05, 4.69) is 15.9 Å². The van der Waals surface area contributed by atoms with Gasteiger partial charge < -0.3 is 25.4 Å². The van der Waals surface area contributed by atoms with E-state index in [-0.39, 0.29) is 6.61 Å². The smallest absolute Gasteiger partial charge is 0.136 e. The summed E-state index contributed by atoms with van der Waals surface area (Å²) in [4.78, 5) is 0. The molecular weight excluding hydrogens is 302 g/mol. The number of hydrogen-bond acceptors (Lipinski definition) is 5. The van der Waals surface area contributed by atoms with Crippen LogP contribution in [0.4, 0.5) is 0 Å². The van der Waals surface area contributed by atoms with Gasteiger partial charge in [-0.15, -0.1) is 0 Å². The Balaban J connectivity index is 3.10. The van der Waals surface area contributed by atoms with Crippen molar-refractivity contribution in [3.63, 3.8) is 0 Å². The maximum absolute atomic E-state index is 10.1. The molecule has 1 aromatic rings. The van der Waals surface area contributed by atoms with Crippen LogP contribution in [0.2, 0.25) is 0 Å². The quantitative estimate of drug-likeness (QED) is 0.734. The Hall–Kier alpha value is -0.820. The van der Waals surface area contributed by atoms with E-state index in [1.165, 1.54) is 7.11 Å². The summed E-state index contributed by atoms with van der Waals surface area (Å²) < 4.78 is 11.1. The Bertz CT molecular complexity index is 400. The van der Waals surface area contributed by atoms with E-state index in [4.69, 9.17) is 20.3 Å². The predicted octanol–water partition coefficient (Wildman–Crippen LogP) is 1.21. The van der Waals surface area contributed by atoms with Crippen LogP contribution in [0.25, 0.3) is 0 Å². The van der Waals surface area contributed by atoms with Gasteiger partial charge in [0.2, 0.25) is 0 Å². The monoisotopic (exact) mass is 319 g/mol. The number of aliphatic hydroxyl groups is 2. The average Bonchev–Trinajstić information content (AvgIpc) is 2.37. The van der Waals surface area contributed by atoms with Crippen LogP contribution in [-0.2, 0) is 0 Å². The molecule has 4 N–H and O–H groups in total. The minimum atomic E-state index is -0.908. The normalized spacial score (nSPS) is 14.1. The summed E-state index contributed by atoms with van der Waals surface area (Å²) in [5.74, 6) is 1.11. The molecule has 0 saturated carbocycles. The lowest BCUT2D eigenvalue weighted by Gasteiger charge is -2.21. The fourth-order valence-corrected chi connectivity index (χ4v) is 2.17. The molecule has 0 bridgehead atoms. The molecule has 0 aliphatic carbocycles. The fraction of sp³-hybridized carbons (Fsp3) is 0.500. The molecule has 0 saturated heterocycles. The molecule has 0 amide bonds. The summed E-state index contributed by atoms with van der Waals surface area (Å²) in [5, 5.41) is 19.0. The Morgan fingerprint density at radius 1 is 1.28 bits per heavy atom. The Morgan fingerprint density at radius 3 is 2.39 bits per heavy atom. The first-order valence-corrected chi connectivity index (χ1v) is 6.30. The molecular formula is C12H18BrNO4. The lowest BCUT2D eigenvalue weighted by molar-refractivity contribution is 0.126. The van der Waals surface area contributed by atoms with Gasteiger partial charge in [0, 0.05) is 24.3 Å². The lowest BCUT2D eigenvalue weighted by atomic mass is 9.99. The summed E-state index contributed by atoms with van der Waals surface area (Å²) in [6.45, 7) is -0.0716. The topological polar surface area (TPSA) is 84.9 Å². The fourth-order valence-electron chi connectivity index (χ4n) is 1.65. The number of ether oxygens (including phenoxy) is 2. The first-order valence-electron chi connectivity index (χ1n) is 5.51. The highest BCUT2D eigenvalue weighted by atomic mass is 79.9. The van der Waals surface area contributed by atoms with Gasteiger partial charge in [0.25, 0.3) is 0 Å². The van der Waals surface area contributed by atoms with Crippen molar-refractivity contribution >= 4 is 15.9 Å². The highest BCUT2D eigenvalue weighted by Crippen LogP contribution is 2.36. The summed E-state index contributed by atoms with van der Waals surface area (Å²) in [5.41, 5.74) is 6.35. The molecule has 0 spiro atoms. The van der Waals surface area contributed by atoms with Crippen LogP contribution >= 0.6 is 15.9 Å². The van der Waals surface area contributed by atoms with Crippen molar-refractivity contribution < 1.29 is 19.7 Å². The molecule has 18 heavy (non-hydrogen) atoms.